The third-order valence-corrected chi connectivity index (χ3v) is 1.59. The number of hydrogen-bond donors (Lipinski definition) is 0. The van der Waals surface area contributed by atoms with E-state index in [1.165, 1.54) is 0 Å². The maximum absolute atomic E-state index is 5.02. The van der Waals surface area contributed by atoms with E-state index in [1.807, 2.05) is 17.8 Å². The van der Waals surface area contributed by atoms with Crippen LogP contribution in [0.4, 0.5) is 0 Å². The molecule has 0 aliphatic heterocycles. The maximum Gasteiger partial charge on any atom is 0.0177 e. The predicted octanol–water partition coefficient (Wildman–Crippen LogP) is 1.93. The zero-order valence-electron chi connectivity index (χ0n) is 4.89. The number of hydrogen-bond acceptors (Lipinski definition) is 1. The Balaban J connectivity index is 2.74. The standard InChI is InChI=1S/C7H10S/c1-3-5-7-8-6-4-2/h1,4H,2,5-7H2. The van der Waals surface area contributed by atoms with Crippen LogP contribution in [0.3, 0.4) is 0 Å². The molecule has 0 aromatic heterocycles. The van der Waals surface area contributed by atoms with Crippen molar-refractivity contribution in [1.29, 1.82) is 0 Å². The van der Waals surface area contributed by atoms with Crippen LogP contribution >= 0.6 is 11.8 Å². The van der Waals surface area contributed by atoms with Gasteiger partial charge in [0, 0.05) is 17.9 Å². The van der Waals surface area contributed by atoms with Gasteiger partial charge in [0.25, 0.3) is 0 Å². The topological polar surface area (TPSA) is 0 Å². The number of rotatable bonds is 4. The van der Waals surface area contributed by atoms with Gasteiger partial charge >= 0.3 is 0 Å². The Labute approximate surface area is 55.4 Å². The molecule has 0 fully saturated rings. The van der Waals surface area contributed by atoms with Gasteiger partial charge in [0.05, 0.1) is 0 Å². The van der Waals surface area contributed by atoms with Crippen molar-refractivity contribution in [3.05, 3.63) is 12.7 Å². The predicted molar refractivity (Wildman–Crippen MR) is 41.0 cm³/mol. The fraction of sp³-hybridized carbons (Fsp3) is 0.429. The summed E-state index contributed by atoms with van der Waals surface area (Å²) in [5.74, 6) is 4.65. The highest BCUT2D eigenvalue weighted by Gasteiger charge is 1.79. The second-order valence-corrected chi connectivity index (χ2v) is 2.47. The van der Waals surface area contributed by atoms with Crippen LogP contribution in [0.5, 0.6) is 0 Å². The minimum Gasteiger partial charge on any atom is -0.157 e. The Morgan fingerprint density at radius 2 is 2.50 bits per heavy atom. The summed E-state index contributed by atoms with van der Waals surface area (Å²) >= 11 is 1.82. The normalized spacial score (nSPS) is 7.88. The Kier molecular flexibility index (Phi) is 6.36. The van der Waals surface area contributed by atoms with Crippen LogP contribution in [0, 0.1) is 12.3 Å². The van der Waals surface area contributed by atoms with Crippen LogP contribution in [-0.4, -0.2) is 11.5 Å². The molecular weight excluding hydrogens is 116 g/mol. The minimum atomic E-state index is 0.874. The van der Waals surface area contributed by atoms with E-state index in [-0.39, 0.29) is 0 Å². The highest BCUT2D eigenvalue weighted by Crippen LogP contribution is 2.00. The first-order valence-corrected chi connectivity index (χ1v) is 3.69. The minimum absolute atomic E-state index is 0.874. The first-order valence-electron chi connectivity index (χ1n) is 2.54. The molecule has 0 N–H and O–H groups in total. The molecule has 0 unspecified atom stereocenters. The van der Waals surface area contributed by atoms with Gasteiger partial charge in [-0.15, -0.1) is 18.9 Å². The molecule has 1 heteroatoms. The largest absolute Gasteiger partial charge is 0.157 e. The first kappa shape index (κ1) is 7.65. The summed E-state index contributed by atoms with van der Waals surface area (Å²) in [7, 11) is 0. The van der Waals surface area contributed by atoms with Gasteiger partial charge in [-0.3, -0.25) is 0 Å². The van der Waals surface area contributed by atoms with Crippen molar-refractivity contribution >= 4 is 11.8 Å². The monoisotopic (exact) mass is 126 g/mol. The molecule has 0 amide bonds. The highest BCUT2D eigenvalue weighted by atomic mass is 32.2. The molecular formula is C7H10S. The van der Waals surface area contributed by atoms with Crippen LogP contribution < -0.4 is 0 Å². The van der Waals surface area contributed by atoms with Gasteiger partial charge in [-0.05, 0) is 0 Å². The van der Waals surface area contributed by atoms with Gasteiger partial charge in [0.15, 0.2) is 0 Å². The second kappa shape index (κ2) is 6.65. The summed E-state index contributed by atoms with van der Waals surface area (Å²) in [4.78, 5) is 0. The summed E-state index contributed by atoms with van der Waals surface area (Å²) in [5, 5.41) is 0. The molecule has 0 rings (SSSR count). The smallest absolute Gasteiger partial charge is 0.0177 e. The van der Waals surface area contributed by atoms with Crippen LogP contribution in [-0.2, 0) is 0 Å². The molecule has 0 heterocycles. The van der Waals surface area contributed by atoms with Crippen LogP contribution in [0.2, 0.25) is 0 Å². The fourth-order valence-corrected chi connectivity index (χ4v) is 0.893. The van der Waals surface area contributed by atoms with Crippen LogP contribution in [0.15, 0.2) is 12.7 Å². The molecule has 0 aromatic rings. The third kappa shape index (κ3) is 5.65. The quantitative estimate of drug-likeness (QED) is 0.315. The molecule has 0 radical (unpaired) electrons. The van der Waals surface area contributed by atoms with E-state index in [0.717, 1.165) is 17.9 Å². The zero-order chi connectivity index (χ0) is 6.24. The molecule has 0 aliphatic rings. The van der Waals surface area contributed by atoms with E-state index < -0.39 is 0 Å². The number of terminal acetylenes is 1. The molecule has 8 heavy (non-hydrogen) atoms. The lowest BCUT2D eigenvalue weighted by Gasteiger charge is -1.88. The second-order valence-electron chi connectivity index (χ2n) is 1.32. The highest BCUT2D eigenvalue weighted by molar-refractivity contribution is 7.99. The summed E-state index contributed by atoms with van der Waals surface area (Å²) in [5.41, 5.74) is 0. The Bertz CT molecular complexity index is 89.1. The molecule has 0 saturated carbocycles. The van der Waals surface area contributed by atoms with Gasteiger partial charge in [0.2, 0.25) is 0 Å². The van der Waals surface area contributed by atoms with Gasteiger partial charge in [-0.25, -0.2) is 0 Å². The van der Waals surface area contributed by atoms with E-state index in [1.54, 1.807) is 0 Å². The van der Waals surface area contributed by atoms with E-state index in [0.29, 0.717) is 0 Å². The van der Waals surface area contributed by atoms with E-state index in [4.69, 9.17) is 6.42 Å². The van der Waals surface area contributed by atoms with Crippen LogP contribution in [0.1, 0.15) is 6.42 Å². The Morgan fingerprint density at radius 1 is 1.75 bits per heavy atom. The van der Waals surface area contributed by atoms with Crippen molar-refractivity contribution in [2.45, 2.75) is 6.42 Å². The third-order valence-electron chi connectivity index (χ3n) is 0.626. The van der Waals surface area contributed by atoms with Crippen LogP contribution in [0.25, 0.3) is 0 Å². The summed E-state index contributed by atoms with van der Waals surface area (Å²) in [6.07, 6.45) is 7.79. The van der Waals surface area contributed by atoms with E-state index in [2.05, 4.69) is 12.5 Å². The first-order chi connectivity index (χ1) is 3.91. The molecule has 0 spiro atoms. The van der Waals surface area contributed by atoms with Crippen molar-refractivity contribution in [1.82, 2.24) is 0 Å². The maximum atomic E-state index is 5.02. The number of thioether (sulfide) groups is 1. The van der Waals surface area contributed by atoms with Gasteiger partial charge in [-0.2, -0.15) is 11.8 Å². The summed E-state index contributed by atoms with van der Waals surface area (Å²) in [6, 6.07) is 0. The van der Waals surface area contributed by atoms with Crippen molar-refractivity contribution < 1.29 is 0 Å². The molecule has 0 saturated heterocycles. The van der Waals surface area contributed by atoms with Crippen molar-refractivity contribution in [3.63, 3.8) is 0 Å². The van der Waals surface area contributed by atoms with E-state index in [9.17, 15) is 0 Å². The lowest BCUT2D eigenvalue weighted by molar-refractivity contribution is 1.30. The molecule has 0 nitrogen and oxygen atoms in total. The van der Waals surface area contributed by atoms with Crippen molar-refractivity contribution in [2.24, 2.45) is 0 Å². The zero-order valence-corrected chi connectivity index (χ0v) is 5.71. The van der Waals surface area contributed by atoms with Crippen molar-refractivity contribution in [3.8, 4) is 12.3 Å². The molecule has 0 aliphatic carbocycles. The van der Waals surface area contributed by atoms with Gasteiger partial charge in [0.1, 0.15) is 0 Å². The summed E-state index contributed by atoms with van der Waals surface area (Å²) in [6.45, 7) is 3.59. The van der Waals surface area contributed by atoms with Crippen molar-refractivity contribution in [2.75, 3.05) is 11.5 Å². The molecule has 44 valence electrons. The Hall–Kier alpha value is -0.350. The SMILES string of the molecule is C#CCCSCC=C. The average molecular weight is 126 g/mol. The molecule has 0 aromatic carbocycles. The van der Waals surface area contributed by atoms with Gasteiger partial charge < -0.3 is 0 Å². The van der Waals surface area contributed by atoms with E-state index >= 15 is 0 Å². The average Bonchev–Trinajstić information content (AvgIpc) is 1.81. The molecule has 0 bridgehead atoms. The summed E-state index contributed by atoms with van der Waals surface area (Å²) < 4.78 is 0. The Morgan fingerprint density at radius 3 is 3.00 bits per heavy atom. The lowest BCUT2D eigenvalue weighted by Crippen LogP contribution is -1.75. The molecule has 0 atom stereocenters. The lowest BCUT2D eigenvalue weighted by atomic mass is 10.5. The fourth-order valence-electron chi connectivity index (χ4n) is 0.298. The van der Waals surface area contributed by atoms with Gasteiger partial charge in [-0.1, -0.05) is 6.08 Å².